The molecule has 0 radical (unpaired) electrons. The minimum absolute atomic E-state index is 0.329. The first-order chi connectivity index (χ1) is 12.5. The van der Waals surface area contributed by atoms with Crippen molar-refractivity contribution in [1.29, 1.82) is 0 Å². The number of halogens is 1. The summed E-state index contributed by atoms with van der Waals surface area (Å²) < 4.78 is 13.4. The summed E-state index contributed by atoms with van der Waals surface area (Å²) in [5.74, 6) is 1.11. The molecule has 0 atom stereocenters. The van der Waals surface area contributed by atoms with Gasteiger partial charge >= 0.3 is 0 Å². The lowest BCUT2D eigenvalue weighted by molar-refractivity contribution is 0.0946. The molecule has 1 heterocycles. The lowest BCUT2D eigenvalue weighted by Gasteiger charge is -2.14. The monoisotopic (exact) mass is 374 g/mol. The number of phenolic OH excluding ortho intramolecular Hbond substituents is 1. The van der Waals surface area contributed by atoms with Gasteiger partial charge in [0.1, 0.15) is 18.1 Å². The summed E-state index contributed by atoms with van der Waals surface area (Å²) in [5, 5.41) is 10.4. The van der Waals surface area contributed by atoms with Crippen molar-refractivity contribution in [2.45, 2.75) is 27.3 Å². The van der Waals surface area contributed by atoms with Crippen molar-refractivity contribution in [2.24, 2.45) is 0 Å². The van der Waals surface area contributed by atoms with E-state index >= 15 is 0 Å². The van der Waals surface area contributed by atoms with Crippen LogP contribution in [-0.2, 0) is 11.3 Å². The van der Waals surface area contributed by atoms with Crippen LogP contribution in [0.1, 0.15) is 16.7 Å². The van der Waals surface area contributed by atoms with Crippen molar-refractivity contribution >= 4 is 22.6 Å². The van der Waals surface area contributed by atoms with Crippen LogP contribution in [0.2, 0.25) is 5.28 Å². The second-order valence-corrected chi connectivity index (χ2v) is 6.61. The molecule has 5 nitrogen and oxygen atoms in total. The van der Waals surface area contributed by atoms with Crippen molar-refractivity contribution < 1.29 is 14.6 Å². The van der Waals surface area contributed by atoms with E-state index in [-0.39, 0.29) is 0 Å². The van der Waals surface area contributed by atoms with Gasteiger partial charge in [-0.2, -0.15) is 0 Å². The molecule has 0 saturated heterocycles. The van der Waals surface area contributed by atoms with Gasteiger partial charge in [0.05, 0.1) is 24.2 Å². The summed E-state index contributed by atoms with van der Waals surface area (Å²) in [5.41, 5.74) is 4.50. The average Bonchev–Trinajstić information content (AvgIpc) is 2.95. The first-order valence-corrected chi connectivity index (χ1v) is 8.98. The number of ether oxygens (including phenoxy) is 2. The van der Waals surface area contributed by atoms with E-state index in [9.17, 15) is 5.11 Å². The Morgan fingerprint density at radius 3 is 2.65 bits per heavy atom. The third-order valence-electron chi connectivity index (χ3n) is 4.56. The quantitative estimate of drug-likeness (QED) is 0.622. The van der Waals surface area contributed by atoms with Gasteiger partial charge in [0.25, 0.3) is 0 Å². The summed E-state index contributed by atoms with van der Waals surface area (Å²) >= 11 is 6.20. The van der Waals surface area contributed by atoms with Gasteiger partial charge in [0, 0.05) is 6.54 Å². The molecule has 1 N–H and O–H groups in total. The maximum absolute atomic E-state index is 9.94. The molecule has 0 bridgehead atoms. The van der Waals surface area contributed by atoms with E-state index in [1.54, 1.807) is 0 Å². The van der Waals surface area contributed by atoms with E-state index in [0.717, 1.165) is 33.5 Å². The molecule has 0 fully saturated rings. The summed E-state index contributed by atoms with van der Waals surface area (Å²) in [6, 6.07) is 9.70. The number of imidazole rings is 1. The fourth-order valence-corrected chi connectivity index (χ4v) is 3.18. The SMILES string of the molecule is Cc1cc(OCCOCCn2c(Cl)nc3ccccc32)c(C)c(C)c1O. The zero-order valence-electron chi connectivity index (χ0n) is 15.3. The number of hydrogen-bond acceptors (Lipinski definition) is 4. The number of aromatic nitrogens is 2. The second kappa shape index (κ2) is 7.98. The van der Waals surface area contributed by atoms with Gasteiger partial charge < -0.3 is 19.1 Å². The molecule has 2 aromatic carbocycles. The summed E-state index contributed by atoms with van der Waals surface area (Å²) in [7, 11) is 0. The number of rotatable bonds is 7. The summed E-state index contributed by atoms with van der Waals surface area (Å²) in [6.45, 7) is 7.78. The van der Waals surface area contributed by atoms with Crippen molar-refractivity contribution in [1.82, 2.24) is 9.55 Å². The molecule has 0 amide bonds. The number of phenols is 1. The molecule has 0 unspecified atom stereocenters. The van der Waals surface area contributed by atoms with Crippen molar-refractivity contribution in [3.8, 4) is 11.5 Å². The predicted molar refractivity (Wildman–Crippen MR) is 103 cm³/mol. The van der Waals surface area contributed by atoms with Crippen LogP contribution in [-0.4, -0.2) is 34.5 Å². The number of nitrogens with zero attached hydrogens (tertiary/aromatic N) is 2. The maximum atomic E-state index is 9.94. The molecule has 26 heavy (non-hydrogen) atoms. The Hall–Kier alpha value is -2.24. The van der Waals surface area contributed by atoms with E-state index in [2.05, 4.69) is 4.98 Å². The van der Waals surface area contributed by atoms with Crippen LogP contribution in [0, 0.1) is 20.8 Å². The van der Waals surface area contributed by atoms with Crippen LogP contribution >= 0.6 is 11.6 Å². The zero-order chi connectivity index (χ0) is 18.7. The number of benzene rings is 2. The van der Waals surface area contributed by atoms with Crippen LogP contribution < -0.4 is 4.74 Å². The number of hydrogen-bond donors (Lipinski definition) is 1. The van der Waals surface area contributed by atoms with Gasteiger partial charge in [-0.25, -0.2) is 4.98 Å². The number of para-hydroxylation sites is 2. The topological polar surface area (TPSA) is 56.5 Å². The molecule has 0 aliphatic rings. The highest BCUT2D eigenvalue weighted by atomic mass is 35.5. The number of aryl methyl sites for hydroxylation is 1. The molecule has 3 rings (SSSR count). The lowest BCUT2D eigenvalue weighted by atomic mass is 10.0. The van der Waals surface area contributed by atoms with Crippen molar-refractivity contribution in [3.05, 3.63) is 52.3 Å². The highest BCUT2D eigenvalue weighted by molar-refractivity contribution is 6.29. The molecular formula is C20H23ClN2O3. The van der Waals surface area contributed by atoms with Gasteiger partial charge in [0.15, 0.2) is 0 Å². The van der Waals surface area contributed by atoms with Gasteiger partial charge in [-0.1, -0.05) is 12.1 Å². The Kier molecular flexibility index (Phi) is 5.69. The first-order valence-electron chi connectivity index (χ1n) is 8.60. The van der Waals surface area contributed by atoms with Gasteiger partial charge in [-0.15, -0.1) is 0 Å². The first kappa shape index (κ1) is 18.5. The van der Waals surface area contributed by atoms with E-state index in [1.807, 2.05) is 55.7 Å². The Balaban J connectivity index is 1.49. The largest absolute Gasteiger partial charge is 0.507 e. The third kappa shape index (κ3) is 3.79. The molecule has 138 valence electrons. The Morgan fingerprint density at radius 1 is 1.08 bits per heavy atom. The summed E-state index contributed by atoms with van der Waals surface area (Å²) in [4.78, 5) is 4.33. The minimum Gasteiger partial charge on any atom is -0.507 e. The number of fused-ring (bicyclic) bond motifs is 1. The smallest absolute Gasteiger partial charge is 0.203 e. The number of aromatic hydroxyl groups is 1. The molecule has 0 aliphatic heterocycles. The molecule has 6 heteroatoms. The molecular weight excluding hydrogens is 352 g/mol. The van der Waals surface area contributed by atoms with Crippen LogP contribution in [0.15, 0.2) is 30.3 Å². The fraction of sp³-hybridized carbons (Fsp3) is 0.350. The van der Waals surface area contributed by atoms with Crippen molar-refractivity contribution in [2.75, 3.05) is 19.8 Å². The van der Waals surface area contributed by atoms with Crippen LogP contribution in [0.25, 0.3) is 11.0 Å². The Morgan fingerprint density at radius 2 is 1.85 bits per heavy atom. The van der Waals surface area contributed by atoms with Gasteiger partial charge in [-0.3, -0.25) is 0 Å². The van der Waals surface area contributed by atoms with Crippen LogP contribution in [0.4, 0.5) is 0 Å². The highest BCUT2D eigenvalue weighted by Gasteiger charge is 2.10. The maximum Gasteiger partial charge on any atom is 0.203 e. The highest BCUT2D eigenvalue weighted by Crippen LogP contribution is 2.31. The summed E-state index contributed by atoms with van der Waals surface area (Å²) in [6.07, 6.45) is 0. The second-order valence-electron chi connectivity index (χ2n) is 6.27. The fourth-order valence-electron chi connectivity index (χ4n) is 2.91. The zero-order valence-corrected chi connectivity index (χ0v) is 16.0. The Labute approximate surface area is 158 Å². The lowest BCUT2D eigenvalue weighted by Crippen LogP contribution is -2.12. The molecule has 3 aromatic rings. The van der Waals surface area contributed by atoms with E-state index in [0.29, 0.717) is 37.4 Å². The van der Waals surface area contributed by atoms with Gasteiger partial charge in [-0.05, 0) is 67.3 Å². The predicted octanol–water partition coefficient (Wildman–Crippen LogP) is 4.42. The molecule has 0 saturated carbocycles. The average molecular weight is 375 g/mol. The van der Waals surface area contributed by atoms with Crippen molar-refractivity contribution in [3.63, 3.8) is 0 Å². The van der Waals surface area contributed by atoms with E-state index in [1.165, 1.54) is 0 Å². The van der Waals surface area contributed by atoms with Crippen LogP contribution in [0.5, 0.6) is 11.5 Å². The third-order valence-corrected chi connectivity index (χ3v) is 4.85. The Bertz CT molecular complexity index is 921. The van der Waals surface area contributed by atoms with Crippen LogP contribution in [0.3, 0.4) is 0 Å². The molecule has 0 aliphatic carbocycles. The molecule has 1 aromatic heterocycles. The van der Waals surface area contributed by atoms with E-state index < -0.39 is 0 Å². The van der Waals surface area contributed by atoms with E-state index in [4.69, 9.17) is 21.1 Å². The molecule has 0 spiro atoms. The normalized spacial score (nSPS) is 11.2. The van der Waals surface area contributed by atoms with Gasteiger partial charge in [0.2, 0.25) is 5.28 Å². The minimum atomic E-state index is 0.329. The standard InChI is InChI=1S/C20H23ClN2O3/c1-13-12-18(14(2)15(3)19(13)24)26-11-10-25-9-8-23-17-7-5-4-6-16(17)22-20(23)21/h4-7,12,24H,8-11H2,1-3H3.